The summed E-state index contributed by atoms with van der Waals surface area (Å²) in [7, 11) is 0. The van der Waals surface area contributed by atoms with Crippen LogP contribution in [0.4, 0.5) is 0 Å². The fourth-order valence-corrected chi connectivity index (χ4v) is 8.97. The summed E-state index contributed by atoms with van der Waals surface area (Å²) in [6, 6.07) is 7.76. The molecule has 3 saturated carbocycles. The Morgan fingerprint density at radius 2 is 1.94 bits per heavy atom. The van der Waals surface area contributed by atoms with Crippen LogP contribution in [0.3, 0.4) is 0 Å². The van der Waals surface area contributed by atoms with Crippen LogP contribution in [-0.2, 0) is 20.9 Å². The molecule has 3 fully saturated rings. The van der Waals surface area contributed by atoms with Crippen molar-refractivity contribution in [3.8, 4) is 0 Å². The van der Waals surface area contributed by atoms with E-state index in [-0.39, 0.29) is 28.8 Å². The van der Waals surface area contributed by atoms with Gasteiger partial charge in [0.05, 0.1) is 11.4 Å². The monoisotopic (exact) mass is 517 g/mol. The minimum absolute atomic E-state index is 0.0101. The highest BCUT2D eigenvalue weighted by Gasteiger charge is 2.62. The summed E-state index contributed by atoms with van der Waals surface area (Å²) >= 11 is 13.3. The fraction of sp³-hybridized carbons (Fsp3) is 0.655. The second-order valence-corrected chi connectivity index (χ2v) is 12.7. The number of carbonyl (C=O) groups is 2. The van der Waals surface area contributed by atoms with E-state index in [1.165, 1.54) is 12.5 Å². The summed E-state index contributed by atoms with van der Waals surface area (Å²) in [6.07, 6.45) is 9.08. The van der Waals surface area contributed by atoms with Gasteiger partial charge in [-0.1, -0.05) is 55.3 Å². The van der Waals surface area contributed by atoms with Gasteiger partial charge in [-0.2, -0.15) is 0 Å². The largest absolute Gasteiger partial charge is 0.462 e. The molecule has 0 spiro atoms. The molecule has 1 aromatic carbocycles. The van der Waals surface area contributed by atoms with Crippen LogP contribution in [0.2, 0.25) is 5.02 Å². The third kappa shape index (κ3) is 4.38. The number of Topliss-reactive ketones (excluding diaryl/α,β-unsaturated/α-hetero) is 1. The predicted molar refractivity (Wildman–Crippen MR) is 139 cm³/mol. The molecule has 35 heavy (non-hydrogen) atoms. The Morgan fingerprint density at radius 3 is 2.69 bits per heavy atom. The molecule has 0 bridgehead atoms. The van der Waals surface area contributed by atoms with Gasteiger partial charge in [-0.25, -0.2) is 0 Å². The number of benzene rings is 1. The molecule has 1 aromatic rings. The van der Waals surface area contributed by atoms with Gasteiger partial charge in [0, 0.05) is 31.3 Å². The van der Waals surface area contributed by atoms with E-state index in [4.69, 9.17) is 27.9 Å². The van der Waals surface area contributed by atoms with Crippen LogP contribution in [0, 0.1) is 34.5 Å². The molecule has 2 unspecified atom stereocenters. The number of alkyl halides is 1. The normalized spacial score (nSPS) is 39.2. The standard InChI is InChI=1S/C29H37Cl2NO3/c1-17(33)35-20-10-12-28(2)19(14-20)8-9-21-22(28)11-13-29(3)23(21)15-25(34)26(29)27(31)32-16-18-6-4-5-7-24(18)30/h4-8,20-23,26-27,32H,9-16H2,1-3H3/t20-,21+,22-,23-,26?,27?,28-,29-/m0/s1. The van der Waals surface area contributed by atoms with Crippen LogP contribution in [0.25, 0.3) is 0 Å². The molecular formula is C29H37Cl2NO3. The number of allylic oxidation sites excluding steroid dienone is 1. The smallest absolute Gasteiger partial charge is 0.302 e. The number of halogens is 2. The average molecular weight is 519 g/mol. The topological polar surface area (TPSA) is 55.4 Å². The lowest BCUT2D eigenvalue weighted by Crippen LogP contribution is -2.52. The fourth-order valence-electron chi connectivity index (χ4n) is 8.26. The number of hydrogen-bond acceptors (Lipinski definition) is 4. The Bertz CT molecular complexity index is 1040. The summed E-state index contributed by atoms with van der Waals surface area (Å²) in [5.74, 6) is 1.39. The summed E-state index contributed by atoms with van der Waals surface area (Å²) in [6.45, 7) is 6.79. The number of carbonyl (C=O) groups excluding carboxylic acids is 2. The first-order valence-corrected chi connectivity index (χ1v) is 13.9. The molecule has 0 radical (unpaired) electrons. The number of rotatable bonds is 5. The highest BCUT2D eigenvalue weighted by Crippen LogP contribution is 2.66. The maximum atomic E-state index is 13.4. The van der Waals surface area contributed by atoms with Crippen molar-refractivity contribution < 1.29 is 14.3 Å². The third-order valence-electron chi connectivity index (χ3n) is 10.0. The number of fused-ring (bicyclic) bond motifs is 5. The van der Waals surface area contributed by atoms with Gasteiger partial charge in [-0.05, 0) is 72.3 Å². The predicted octanol–water partition coefficient (Wildman–Crippen LogP) is 6.68. The van der Waals surface area contributed by atoms with Crippen LogP contribution in [0.5, 0.6) is 0 Å². The van der Waals surface area contributed by atoms with Gasteiger partial charge < -0.3 is 4.74 Å². The van der Waals surface area contributed by atoms with Crippen molar-refractivity contribution in [2.24, 2.45) is 34.5 Å². The molecule has 5 rings (SSSR count). The second-order valence-electron chi connectivity index (χ2n) is 11.8. The van der Waals surface area contributed by atoms with E-state index >= 15 is 0 Å². The van der Waals surface area contributed by atoms with Crippen molar-refractivity contribution in [2.45, 2.75) is 83.9 Å². The molecule has 4 aliphatic rings. The molecule has 0 aliphatic heterocycles. The first-order chi connectivity index (χ1) is 16.6. The lowest BCUT2D eigenvalue weighted by molar-refractivity contribution is -0.148. The molecule has 190 valence electrons. The average Bonchev–Trinajstić information content (AvgIpc) is 3.08. The first-order valence-electron chi connectivity index (χ1n) is 13.1. The zero-order valence-electron chi connectivity index (χ0n) is 21.0. The van der Waals surface area contributed by atoms with E-state index < -0.39 is 5.50 Å². The molecule has 4 nitrogen and oxygen atoms in total. The van der Waals surface area contributed by atoms with Crippen LogP contribution in [-0.4, -0.2) is 23.4 Å². The highest BCUT2D eigenvalue weighted by molar-refractivity contribution is 6.31. The summed E-state index contributed by atoms with van der Waals surface area (Å²) in [4.78, 5) is 24.9. The molecule has 4 aliphatic carbocycles. The number of nitrogens with one attached hydrogen (secondary N) is 1. The number of esters is 1. The lowest BCUT2D eigenvalue weighted by atomic mass is 9.47. The Balaban J connectivity index is 1.33. The van der Waals surface area contributed by atoms with E-state index in [0.717, 1.165) is 44.1 Å². The second kappa shape index (κ2) is 9.50. The molecule has 1 N–H and O–H groups in total. The maximum absolute atomic E-state index is 13.4. The van der Waals surface area contributed by atoms with Gasteiger partial charge in [0.15, 0.2) is 0 Å². The molecule has 0 amide bonds. The van der Waals surface area contributed by atoms with Gasteiger partial charge in [0.25, 0.3) is 0 Å². The highest BCUT2D eigenvalue weighted by atomic mass is 35.5. The molecule has 0 aromatic heterocycles. The van der Waals surface area contributed by atoms with Gasteiger partial charge >= 0.3 is 5.97 Å². The van der Waals surface area contributed by atoms with Crippen molar-refractivity contribution in [1.82, 2.24) is 5.32 Å². The first kappa shape index (κ1) is 25.3. The van der Waals surface area contributed by atoms with E-state index in [2.05, 4.69) is 25.2 Å². The Hall–Kier alpha value is -1.36. The SMILES string of the molecule is CC(=O)O[C@H]1CC[C@@]2(C)C(=CC[C@@H]3[C@@H]2CC[C@]2(C)C(C(Cl)NCc4ccccc4Cl)C(=O)C[C@@H]32)C1. The van der Waals surface area contributed by atoms with E-state index in [1.807, 2.05) is 24.3 Å². The molecule has 6 heteroatoms. The van der Waals surface area contributed by atoms with Crippen molar-refractivity contribution in [3.05, 3.63) is 46.5 Å². The van der Waals surface area contributed by atoms with Gasteiger partial charge in [-0.15, -0.1) is 11.6 Å². The minimum Gasteiger partial charge on any atom is -0.462 e. The summed E-state index contributed by atoms with van der Waals surface area (Å²) < 4.78 is 5.57. The zero-order chi connectivity index (χ0) is 25.0. The lowest BCUT2D eigenvalue weighted by Gasteiger charge is -2.58. The summed E-state index contributed by atoms with van der Waals surface area (Å²) in [5.41, 5.74) is 2.12. The minimum atomic E-state index is -0.408. The van der Waals surface area contributed by atoms with Crippen LogP contribution in [0.1, 0.15) is 71.3 Å². The van der Waals surface area contributed by atoms with Crippen LogP contribution in [0.15, 0.2) is 35.9 Å². The quantitative estimate of drug-likeness (QED) is 0.204. The van der Waals surface area contributed by atoms with Crippen molar-refractivity contribution in [1.29, 1.82) is 0 Å². The number of ketones is 1. The van der Waals surface area contributed by atoms with Crippen molar-refractivity contribution in [2.75, 3.05) is 0 Å². The Morgan fingerprint density at radius 1 is 1.17 bits per heavy atom. The van der Waals surface area contributed by atoms with E-state index in [0.29, 0.717) is 41.5 Å². The Labute approximate surface area is 219 Å². The Kier molecular flexibility index (Phi) is 6.87. The van der Waals surface area contributed by atoms with Crippen LogP contribution >= 0.6 is 23.2 Å². The van der Waals surface area contributed by atoms with Gasteiger partial charge in [-0.3, -0.25) is 14.9 Å². The number of ether oxygens (including phenoxy) is 1. The molecular weight excluding hydrogens is 481 g/mol. The molecule has 0 heterocycles. The van der Waals surface area contributed by atoms with E-state index in [1.54, 1.807) is 0 Å². The zero-order valence-corrected chi connectivity index (χ0v) is 22.5. The third-order valence-corrected chi connectivity index (χ3v) is 10.8. The molecule has 8 atom stereocenters. The van der Waals surface area contributed by atoms with Crippen LogP contribution < -0.4 is 5.32 Å². The number of hydrogen-bond donors (Lipinski definition) is 1. The maximum Gasteiger partial charge on any atom is 0.302 e. The summed E-state index contributed by atoms with van der Waals surface area (Å²) in [5, 5.41) is 4.14. The van der Waals surface area contributed by atoms with Crippen molar-refractivity contribution in [3.63, 3.8) is 0 Å². The van der Waals surface area contributed by atoms with Crippen molar-refractivity contribution >= 4 is 35.0 Å². The van der Waals surface area contributed by atoms with Gasteiger partial charge in [0.1, 0.15) is 11.9 Å². The van der Waals surface area contributed by atoms with E-state index in [9.17, 15) is 9.59 Å². The molecule has 0 saturated heterocycles. The van der Waals surface area contributed by atoms with Gasteiger partial charge in [0.2, 0.25) is 0 Å².